The molecule has 0 aliphatic carbocycles. The molecule has 1 fully saturated rings. The van der Waals surface area contributed by atoms with E-state index < -0.39 is 0 Å². The number of carbonyl (C=O) groups excluding carboxylic acids is 2. The van der Waals surface area contributed by atoms with Crippen LogP contribution >= 0.6 is 0 Å². The maximum absolute atomic E-state index is 14.0. The largest absolute Gasteiger partial charge is 0.496 e. The summed E-state index contributed by atoms with van der Waals surface area (Å²) >= 11 is 0. The van der Waals surface area contributed by atoms with Crippen LogP contribution in [0.1, 0.15) is 28.8 Å². The van der Waals surface area contributed by atoms with Crippen molar-refractivity contribution in [2.75, 3.05) is 25.1 Å². The summed E-state index contributed by atoms with van der Waals surface area (Å²) in [6.45, 7) is 1.64. The molecule has 0 radical (unpaired) electrons. The lowest BCUT2D eigenvalue weighted by atomic mass is 9.95. The molecule has 1 heterocycles. The maximum Gasteiger partial charge on any atom is 0.223 e. The van der Waals surface area contributed by atoms with Crippen molar-refractivity contribution >= 4 is 17.9 Å². The van der Waals surface area contributed by atoms with E-state index in [9.17, 15) is 14.0 Å². The SMILES string of the molecule is COc1cccc(F)c1CNC(=O)C1CCN(c2ccc(C=O)cc2)CC1. The van der Waals surface area contributed by atoms with Crippen LogP contribution in [0.2, 0.25) is 0 Å². The number of nitrogens with one attached hydrogen (secondary N) is 1. The second-order valence-corrected chi connectivity index (χ2v) is 6.61. The van der Waals surface area contributed by atoms with E-state index in [4.69, 9.17) is 4.74 Å². The highest BCUT2D eigenvalue weighted by atomic mass is 19.1. The average Bonchev–Trinajstić information content (AvgIpc) is 2.72. The number of carbonyl (C=O) groups is 2. The van der Waals surface area contributed by atoms with Crippen LogP contribution in [0.15, 0.2) is 42.5 Å². The minimum Gasteiger partial charge on any atom is -0.496 e. The van der Waals surface area contributed by atoms with Crippen molar-refractivity contribution in [1.29, 1.82) is 0 Å². The summed E-state index contributed by atoms with van der Waals surface area (Å²) in [6, 6.07) is 12.1. The van der Waals surface area contributed by atoms with E-state index in [-0.39, 0.29) is 24.2 Å². The van der Waals surface area contributed by atoms with Crippen LogP contribution in [-0.4, -0.2) is 32.4 Å². The molecule has 0 bridgehead atoms. The monoisotopic (exact) mass is 370 g/mol. The Hall–Kier alpha value is -2.89. The molecule has 0 spiro atoms. The van der Waals surface area contributed by atoms with E-state index in [0.29, 0.717) is 16.9 Å². The number of hydrogen-bond donors (Lipinski definition) is 1. The van der Waals surface area contributed by atoms with Gasteiger partial charge in [0.25, 0.3) is 0 Å². The van der Waals surface area contributed by atoms with Crippen LogP contribution in [0.4, 0.5) is 10.1 Å². The lowest BCUT2D eigenvalue weighted by Gasteiger charge is -2.33. The third-order valence-electron chi connectivity index (χ3n) is 5.00. The van der Waals surface area contributed by atoms with Gasteiger partial charge in [-0.3, -0.25) is 9.59 Å². The Kier molecular flexibility index (Phi) is 6.06. The van der Waals surface area contributed by atoms with Gasteiger partial charge in [0.1, 0.15) is 17.9 Å². The first kappa shape index (κ1) is 18.9. The minimum absolute atomic E-state index is 0.0590. The van der Waals surface area contributed by atoms with Gasteiger partial charge in [-0.1, -0.05) is 6.07 Å². The molecule has 0 atom stereocenters. The Morgan fingerprint density at radius 3 is 2.56 bits per heavy atom. The van der Waals surface area contributed by atoms with E-state index in [2.05, 4.69) is 10.2 Å². The lowest BCUT2D eigenvalue weighted by Crippen LogP contribution is -2.40. The van der Waals surface area contributed by atoms with Gasteiger partial charge >= 0.3 is 0 Å². The van der Waals surface area contributed by atoms with Crippen molar-refractivity contribution in [2.24, 2.45) is 5.92 Å². The second kappa shape index (κ2) is 8.66. The van der Waals surface area contributed by atoms with Crippen molar-refractivity contribution in [2.45, 2.75) is 19.4 Å². The number of aldehydes is 1. The summed E-state index contributed by atoms with van der Waals surface area (Å²) in [4.78, 5) is 25.4. The van der Waals surface area contributed by atoms with E-state index in [1.54, 1.807) is 24.3 Å². The predicted molar refractivity (Wildman–Crippen MR) is 102 cm³/mol. The number of benzene rings is 2. The highest BCUT2D eigenvalue weighted by Crippen LogP contribution is 2.25. The predicted octanol–water partition coefficient (Wildman–Crippen LogP) is 3.18. The number of anilines is 1. The number of piperidine rings is 1. The molecular weight excluding hydrogens is 347 g/mol. The molecule has 1 N–H and O–H groups in total. The first-order valence-corrected chi connectivity index (χ1v) is 9.01. The first-order valence-electron chi connectivity index (χ1n) is 9.01. The fourth-order valence-electron chi connectivity index (χ4n) is 3.39. The van der Waals surface area contributed by atoms with Crippen LogP contribution in [-0.2, 0) is 11.3 Å². The van der Waals surface area contributed by atoms with Crippen molar-refractivity contribution in [3.8, 4) is 5.75 Å². The van der Waals surface area contributed by atoms with Gasteiger partial charge in [0.2, 0.25) is 5.91 Å². The lowest BCUT2D eigenvalue weighted by molar-refractivity contribution is -0.125. The van der Waals surface area contributed by atoms with Crippen molar-refractivity contribution in [3.63, 3.8) is 0 Å². The number of nitrogens with zero attached hydrogens (tertiary/aromatic N) is 1. The molecule has 2 aromatic rings. The van der Waals surface area contributed by atoms with Gasteiger partial charge in [-0.25, -0.2) is 4.39 Å². The highest BCUT2D eigenvalue weighted by molar-refractivity contribution is 5.79. The molecule has 27 heavy (non-hydrogen) atoms. The number of amides is 1. The molecule has 0 unspecified atom stereocenters. The van der Waals surface area contributed by atoms with E-state index in [1.165, 1.54) is 13.2 Å². The number of halogens is 1. The summed E-state index contributed by atoms with van der Waals surface area (Å²) in [7, 11) is 1.48. The van der Waals surface area contributed by atoms with Gasteiger partial charge in [0.05, 0.1) is 7.11 Å². The topological polar surface area (TPSA) is 58.6 Å². The first-order chi connectivity index (χ1) is 13.1. The molecule has 5 nitrogen and oxygen atoms in total. The number of rotatable bonds is 6. The second-order valence-electron chi connectivity index (χ2n) is 6.61. The Bertz CT molecular complexity index is 800. The van der Waals surface area contributed by atoms with E-state index >= 15 is 0 Å². The highest BCUT2D eigenvalue weighted by Gasteiger charge is 2.25. The maximum atomic E-state index is 14.0. The fourth-order valence-corrected chi connectivity index (χ4v) is 3.39. The molecule has 2 aromatic carbocycles. The number of methoxy groups -OCH3 is 1. The zero-order valence-corrected chi connectivity index (χ0v) is 15.3. The van der Waals surface area contributed by atoms with Gasteiger partial charge < -0.3 is 15.0 Å². The fraction of sp³-hybridized carbons (Fsp3) is 0.333. The van der Waals surface area contributed by atoms with E-state index in [1.807, 2.05) is 12.1 Å². The van der Waals surface area contributed by atoms with Crippen LogP contribution in [0, 0.1) is 11.7 Å². The molecule has 1 aliphatic rings. The normalized spacial score (nSPS) is 14.7. The molecule has 6 heteroatoms. The number of ether oxygens (including phenoxy) is 1. The molecule has 0 saturated carbocycles. The van der Waals surface area contributed by atoms with Gasteiger partial charge in [-0.2, -0.15) is 0 Å². The zero-order valence-electron chi connectivity index (χ0n) is 15.3. The van der Waals surface area contributed by atoms with Crippen LogP contribution in [0.25, 0.3) is 0 Å². The van der Waals surface area contributed by atoms with Gasteiger partial charge in [0, 0.05) is 42.4 Å². The Labute approximate surface area is 158 Å². The molecule has 1 amide bonds. The molecule has 3 rings (SSSR count). The summed E-state index contributed by atoms with van der Waals surface area (Å²) in [5, 5.41) is 2.84. The van der Waals surface area contributed by atoms with Crippen molar-refractivity contribution in [3.05, 3.63) is 59.4 Å². The van der Waals surface area contributed by atoms with Crippen LogP contribution < -0.4 is 15.0 Å². The van der Waals surface area contributed by atoms with Crippen LogP contribution in [0.3, 0.4) is 0 Å². The summed E-state index contributed by atoms with van der Waals surface area (Å²) in [5.74, 6) is -0.100. The molecule has 0 aromatic heterocycles. The molecule has 1 aliphatic heterocycles. The zero-order chi connectivity index (χ0) is 19.2. The van der Waals surface area contributed by atoms with Crippen LogP contribution in [0.5, 0.6) is 5.75 Å². The molecular formula is C21H23FN2O3. The smallest absolute Gasteiger partial charge is 0.223 e. The Morgan fingerprint density at radius 2 is 1.93 bits per heavy atom. The third-order valence-corrected chi connectivity index (χ3v) is 5.00. The third kappa shape index (κ3) is 4.45. The number of hydrogen-bond acceptors (Lipinski definition) is 4. The Morgan fingerprint density at radius 1 is 1.22 bits per heavy atom. The van der Waals surface area contributed by atoms with Crippen molar-refractivity contribution in [1.82, 2.24) is 5.32 Å². The summed E-state index contributed by atoms with van der Waals surface area (Å²) in [5.41, 5.74) is 2.06. The van der Waals surface area contributed by atoms with Gasteiger partial charge in [-0.15, -0.1) is 0 Å². The van der Waals surface area contributed by atoms with Crippen molar-refractivity contribution < 1.29 is 18.7 Å². The summed E-state index contributed by atoms with van der Waals surface area (Å²) in [6.07, 6.45) is 2.29. The molecule has 142 valence electrons. The van der Waals surface area contributed by atoms with E-state index in [0.717, 1.165) is 37.9 Å². The quantitative estimate of drug-likeness (QED) is 0.794. The summed E-state index contributed by atoms with van der Waals surface area (Å²) < 4.78 is 19.1. The molecule has 1 saturated heterocycles. The Balaban J connectivity index is 1.53. The minimum atomic E-state index is -0.386. The standard InChI is InChI=1S/C21H23FN2O3/c1-27-20-4-2-3-19(22)18(20)13-23-21(26)16-9-11-24(12-10-16)17-7-5-15(14-25)6-8-17/h2-8,14,16H,9-13H2,1H3,(H,23,26). The van der Waals surface area contributed by atoms with Gasteiger partial charge in [-0.05, 0) is 49.2 Å². The van der Waals surface area contributed by atoms with Gasteiger partial charge in [0.15, 0.2) is 0 Å². The average molecular weight is 370 g/mol.